The summed E-state index contributed by atoms with van der Waals surface area (Å²) in [6.07, 6.45) is 7.14. The molecule has 2 N–H and O–H groups in total. The molecule has 3 amide bonds. The summed E-state index contributed by atoms with van der Waals surface area (Å²) in [5.41, 5.74) is 1.22. The number of ether oxygens (including phenoxy) is 1. The van der Waals surface area contributed by atoms with E-state index in [4.69, 9.17) is 16.3 Å². The number of amides is 3. The first-order valence-corrected chi connectivity index (χ1v) is 12.7. The molecule has 1 aliphatic heterocycles. The lowest BCUT2D eigenvalue weighted by Gasteiger charge is -2.31. The summed E-state index contributed by atoms with van der Waals surface area (Å²) in [5.74, 6) is -1.18. The van der Waals surface area contributed by atoms with E-state index in [1.165, 1.54) is 30.3 Å². The maximum Gasteiger partial charge on any atom is 0.315 e. The second kappa shape index (κ2) is 11.3. The Morgan fingerprint density at radius 3 is 2.67 bits per heavy atom. The number of thioether (sulfide) groups is 1. The van der Waals surface area contributed by atoms with E-state index in [2.05, 4.69) is 20.6 Å². The molecule has 33 heavy (non-hydrogen) atoms. The van der Waals surface area contributed by atoms with Gasteiger partial charge in [0.15, 0.2) is 5.17 Å². The fourth-order valence-electron chi connectivity index (χ4n) is 3.88. The first-order chi connectivity index (χ1) is 15.7. The van der Waals surface area contributed by atoms with Gasteiger partial charge in [-0.25, -0.2) is 9.18 Å². The van der Waals surface area contributed by atoms with E-state index in [-0.39, 0.29) is 42.2 Å². The molecule has 180 valence electrons. The van der Waals surface area contributed by atoms with Crippen molar-refractivity contribution >= 4 is 46.4 Å². The lowest BCUT2D eigenvalue weighted by atomic mass is 9.93. The summed E-state index contributed by atoms with van der Waals surface area (Å²) >= 11 is 7.85. The number of urea groups is 1. The van der Waals surface area contributed by atoms with Crippen molar-refractivity contribution in [2.24, 2.45) is 15.9 Å². The van der Waals surface area contributed by atoms with Crippen molar-refractivity contribution in [1.29, 1.82) is 0 Å². The summed E-state index contributed by atoms with van der Waals surface area (Å²) in [6, 6.07) is 4.17. The van der Waals surface area contributed by atoms with Gasteiger partial charge in [0, 0.05) is 12.6 Å². The molecule has 3 rings (SSSR count). The molecule has 7 nitrogen and oxygen atoms in total. The van der Waals surface area contributed by atoms with Gasteiger partial charge in [0.25, 0.3) is 5.91 Å². The van der Waals surface area contributed by atoms with Gasteiger partial charge >= 0.3 is 6.03 Å². The Hall–Kier alpha value is -2.13. The van der Waals surface area contributed by atoms with Crippen molar-refractivity contribution in [2.45, 2.75) is 70.0 Å². The van der Waals surface area contributed by atoms with Crippen LogP contribution in [0.3, 0.4) is 0 Å². The Balaban J connectivity index is 1.69. The van der Waals surface area contributed by atoms with Gasteiger partial charge < -0.3 is 15.4 Å². The van der Waals surface area contributed by atoms with Gasteiger partial charge in [0.05, 0.1) is 0 Å². The fraction of sp³-hybridized carbons (Fsp3) is 0.565. The minimum Gasteiger partial charge on any atom is -0.474 e. The molecule has 1 aromatic rings. The van der Waals surface area contributed by atoms with Gasteiger partial charge in [0.1, 0.15) is 12.4 Å². The van der Waals surface area contributed by atoms with Gasteiger partial charge in [-0.2, -0.15) is 9.98 Å². The van der Waals surface area contributed by atoms with Crippen LogP contribution in [0.15, 0.2) is 28.2 Å². The standard InChI is InChI=1S/C23H30ClFN4O3S/c1-14(2)23(24)19(30)28-22(33-3)29-20(23)32-13-15-9-10-17(25)11-16(15)12-26-21(31)27-18-7-5-4-6-8-18/h9-11,14,18H,4-8,12-13H2,1-3H3,(H2,26,27,31). The highest BCUT2D eigenvalue weighted by molar-refractivity contribution is 8.13. The zero-order valence-corrected chi connectivity index (χ0v) is 20.7. The molecule has 1 fully saturated rings. The zero-order valence-electron chi connectivity index (χ0n) is 19.1. The molecule has 1 saturated carbocycles. The number of aliphatic imine (C=N–C) groups is 2. The van der Waals surface area contributed by atoms with Crippen LogP contribution in [-0.4, -0.2) is 40.2 Å². The SMILES string of the molecule is CSC1=NC(=O)C(Cl)(C(C)C)C(OCc2ccc(F)cc2CNC(=O)NC2CCCCC2)=N1. The van der Waals surface area contributed by atoms with E-state index in [1.807, 2.05) is 0 Å². The molecule has 1 aliphatic carbocycles. The lowest BCUT2D eigenvalue weighted by molar-refractivity contribution is -0.120. The minimum absolute atomic E-state index is 0.0104. The summed E-state index contributed by atoms with van der Waals surface area (Å²) in [4.78, 5) is 31.7. The number of hydrogen-bond donors (Lipinski definition) is 2. The van der Waals surface area contributed by atoms with E-state index >= 15 is 0 Å². The predicted octanol–water partition coefficient (Wildman–Crippen LogP) is 4.77. The van der Waals surface area contributed by atoms with Crippen LogP contribution >= 0.6 is 23.4 Å². The summed E-state index contributed by atoms with van der Waals surface area (Å²) < 4.78 is 19.8. The van der Waals surface area contributed by atoms with Crippen molar-refractivity contribution in [3.63, 3.8) is 0 Å². The Kier molecular flexibility index (Phi) is 8.75. The maximum atomic E-state index is 13.9. The van der Waals surface area contributed by atoms with Crippen molar-refractivity contribution in [3.8, 4) is 0 Å². The van der Waals surface area contributed by atoms with Gasteiger partial charge in [-0.15, -0.1) is 0 Å². The average molecular weight is 497 g/mol. The first-order valence-electron chi connectivity index (χ1n) is 11.1. The Morgan fingerprint density at radius 2 is 2.00 bits per heavy atom. The highest BCUT2D eigenvalue weighted by atomic mass is 35.5. The van der Waals surface area contributed by atoms with E-state index in [1.54, 1.807) is 26.2 Å². The highest BCUT2D eigenvalue weighted by Crippen LogP contribution is 2.33. The molecule has 1 aromatic carbocycles. The van der Waals surface area contributed by atoms with Crippen LogP contribution in [0, 0.1) is 11.7 Å². The second-order valence-electron chi connectivity index (χ2n) is 8.55. The van der Waals surface area contributed by atoms with Gasteiger partial charge in [-0.05, 0) is 48.3 Å². The summed E-state index contributed by atoms with van der Waals surface area (Å²) in [7, 11) is 0. The molecule has 1 unspecified atom stereocenters. The van der Waals surface area contributed by atoms with Crippen molar-refractivity contribution < 1.29 is 18.7 Å². The number of hydrogen-bond acceptors (Lipinski definition) is 5. The molecule has 2 aliphatic rings. The van der Waals surface area contributed by atoms with Crippen molar-refractivity contribution in [1.82, 2.24) is 10.6 Å². The van der Waals surface area contributed by atoms with E-state index in [9.17, 15) is 14.0 Å². The van der Waals surface area contributed by atoms with Crippen LogP contribution in [0.4, 0.5) is 9.18 Å². The van der Waals surface area contributed by atoms with Gasteiger partial charge in [0.2, 0.25) is 10.8 Å². The molecule has 0 bridgehead atoms. The first kappa shape index (κ1) is 25.5. The van der Waals surface area contributed by atoms with Crippen LogP contribution < -0.4 is 10.6 Å². The number of benzene rings is 1. The quantitative estimate of drug-likeness (QED) is 0.555. The number of carbonyl (C=O) groups excluding carboxylic acids is 2. The molecule has 1 atom stereocenters. The van der Waals surface area contributed by atoms with E-state index in [0.29, 0.717) is 11.1 Å². The van der Waals surface area contributed by atoms with E-state index in [0.717, 1.165) is 25.7 Å². The van der Waals surface area contributed by atoms with Crippen LogP contribution in [-0.2, 0) is 22.7 Å². The molecule has 0 spiro atoms. The molecule has 0 saturated heterocycles. The van der Waals surface area contributed by atoms with Crippen LogP contribution in [0.1, 0.15) is 57.1 Å². The number of halogens is 2. The van der Waals surface area contributed by atoms with Crippen LogP contribution in [0.2, 0.25) is 0 Å². The Labute approximate surface area is 203 Å². The third kappa shape index (κ3) is 6.26. The molecular weight excluding hydrogens is 467 g/mol. The van der Waals surface area contributed by atoms with Crippen molar-refractivity contribution in [2.75, 3.05) is 6.26 Å². The number of alkyl halides is 1. The average Bonchev–Trinajstić information content (AvgIpc) is 2.79. The Morgan fingerprint density at radius 1 is 1.27 bits per heavy atom. The number of nitrogens with one attached hydrogen (secondary N) is 2. The van der Waals surface area contributed by atoms with Crippen LogP contribution in [0.25, 0.3) is 0 Å². The molecular formula is C23H30ClFN4O3S. The second-order valence-corrected chi connectivity index (χ2v) is 9.92. The topological polar surface area (TPSA) is 92.1 Å². The fourth-order valence-corrected chi connectivity index (χ4v) is 4.37. The highest BCUT2D eigenvalue weighted by Gasteiger charge is 2.49. The van der Waals surface area contributed by atoms with E-state index < -0.39 is 16.6 Å². The number of carbonyl (C=O) groups is 2. The zero-order chi connectivity index (χ0) is 24.0. The normalized spacial score (nSPS) is 21.5. The van der Waals surface area contributed by atoms with Gasteiger partial charge in [-0.3, -0.25) is 4.79 Å². The molecule has 0 radical (unpaired) electrons. The van der Waals surface area contributed by atoms with Gasteiger partial charge in [-0.1, -0.05) is 62.5 Å². The minimum atomic E-state index is -1.50. The van der Waals surface area contributed by atoms with Crippen molar-refractivity contribution in [3.05, 3.63) is 35.1 Å². The smallest absolute Gasteiger partial charge is 0.315 e. The summed E-state index contributed by atoms with van der Waals surface area (Å²) in [6.45, 7) is 3.73. The monoisotopic (exact) mass is 496 g/mol. The molecule has 10 heteroatoms. The number of nitrogens with zero attached hydrogens (tertiary/aromatic N) is 2. The Bertz CT molecular complexity index is 950. The third-order valence-electron chi connectivity index (χ3n) is 5.91. The lowest BCUT2D eigenvalue weighted by Crippen LogP contribution is -2.48. The number of amidine groups is 1. The number of rotatable bonds is 6. The maximum absolute atomic E-state index is 13.9. The predicted molar refractivity (Wildman–Crippen MR) is 130 cm³/mol. The molecule has 0 aromatic heterocycles. The molecule has 1 heterocycles. The largest absolute Gasteiger partial charge is 0.474 e. The van der Waals surface area contributed by atoms with Crippen LogP contribution in [0.5, 0.6) is 0 Å². The third-order valence-corrected chi connectivity index (χ3v) is 7.21. The summed E-state index contributed by atoms with van der Waals surface area (Å²) in [5, 5.41) is 6.06.